The Balaban J connectivity index is 1.34. The summed E-state index contributed by atoms with van der Waals surface area (Å²) in [4.78, 5) is 15.4. The number of halogens is 6. The second-order valence-corrected chi connectivity index (χ2v) is 11.9. The molecule has 2 aromatic heterocycles. The molecule has 0 atom stereocenters. The molecule has 50 heavy (non-hydrogen) atoms. The van der Waals surface area contributed by atoms with Crippen LogP contribution in [0.1, 0.15) is 11.1 Å². The van der Waals surface area contributed by atoms with E-state index in [2.05, 4.69) is 0 Å². The molecule has 0 spiro atoms. The predicted molar refractivity (Wildman–Crippen MR) is 184 cm³/mol. The maximum absolute atomic E-state index is 13.6. The maximum Gasteiger partial charge on any atom is 0.416 e. The Bertz CT molecular complexity index is 2510. The van der Waals surface area contributed by atoms with Crippen molar-refractivity contribution in [3.8, 4) is 44.9 Å². The van der Waals surface area contributed by atoms with E-state index in [4.69, 9.17) is 15.0 Å². The summed E-state index contributed by atoms with van der Waals surface area (Å²) in [5.41, 5.74) is 3.79. The van der Waals surface area contributed by atoms with Crippen LogP contribution in [0.4, 0.5) is 26.3 Å². The molecule has 0 amide bonds. The highest BCUT2D eigenvalue weighted by atomic mass is 19.4. The Morgan fingerprint density at radius 1 is 0.360 bits per heavy atom. The zero-order valence-corrected chi connectivity index (χ0v) is 25.9. The molecule has 0 bridgehead atoms. The van der Waals surface area contributed by atoms with Gasteiger partial charge in [0.1, 0.15) is 0 Å². The largest absolute Gasteiger partial charge is 0.416 e. The fourth-order valence-electron chi connectivity index (χ4n) is 6.31. The van der Waals surface area contributed by atoms with Gasteiger partial charge in [0.25, 0.3) is 0 Å². The van der Waals surface area contributed by atoms with Gasteiger partial charge in [0, 0.05) is 32.8 Å². The molecule has 0 aliphatic heterocycles. The second kappa shape index (κ2) is 11.8. The third kappa shape index (κ3) is 5.60. The molecule has 0 N–H and O–H groups in total. The number of hydrogen-bond donors (Lipinski definition) is 0. The summed E-state index contributed by atoms with van der Waals surface area (Å²) < 4.78 is 81.4. The smallest absolute Gasteiger partial charge is 0.247 e. The lowest BCUT2D eigenvalue weighted by Gasteiger charge is -2.16. The number of benzene rings is 6. The highest BCUT2D eigenvalue weighted by molar-refractivity contribution is 6.21. The molecule has 0 aliphatic carbocycles. The van der Waals surface area contributed by atoms with E-state index in [1.165, 1.54) is 12.1 Å². The van der Waals surface area contributed by atoms with Crippen molar-refractivity contribution >= 4 is 32.7 Å². The molecule has 0 unspecified atom stereocenters. The minimum absolute atomic E-state index is 0.127. The van der Waals surface area contributed by atoms with Crippen LogP contribution >= 0.6 is 0 Å². The van der Waals surface area contributed by atoms with Crippen molar-refractivity contribution in [2.45, 2.75) is 12.4 Å². The van der Waals surface area contributed by atoms with E-state index in [-0.39, 0.29) is 17.2 Å². The zero-order chi connectivity index (χ0) is 34.6. The molecular formula is C41H23F6N3. The summed E-state index contributed by atoms with van der Waals surface area (Å²) in [5.74, 6) is 0. The molecule has 0 fully saturated rings. The number of pyridine rings is 1. The number of rotatable bonds is 4. The molecular weight excluding hydrogens is 648 g/mol. The summed E-state index contributed by atoms with van der Waals surface area (Å²) in [6, 6.07) is 39.0. The fraction of sp³-hybridized carbons (Fsp3) is 0.0488. The highest BCUT2D eigenvalue weighted by Gasteiger charge is 2.37. The molecule has 0 saturated carbocycles. The lowest BCUT2D eigenvalue weighted by molar-refractivity contribution is -0.143. The average molecular weight is 672 g/mol. The van der Waals surface area contributed by atoms with Crippen LogP contribution < -0.4 is 0 Å². The van der Waals surface area contributed by atoms with E-state index in [1.54, 1.807) is 12.1 Å². The Morgan fingerprint density at radius 3 is 1.46 bits per heavy atom. The van der Waals surface area contributed by atoms with Gasteiger partial charge in [-0.3, -0.25) is 0 Å². The Morgan fingerprint density at radius 2 is 0.860 bits per heavy atom. The normalized spacial score (nSPS) is 12.2. The van der Waals surface area contributed by atoms with E-state index < -0.39 is 23.5 Å². The van der Waals surface area contributed by atoms with Crippen LogP contribution in [0.15, 0.2) is 140 Å². The summed E-state index contributed by atoms with van der Waals surface area (Å²) in [6.45, 7) is 0. The first-order chi connectivity index (χ1) is 24.0. The first kappa shape index (κ1) is 31.2. The topological polar surface area (TPSA) is 38.7 Å². The van der Waals surface area contributed by atoms with Gasteiger partial charge >= 0.3 is 12.4 Å². The van der Waals surface area contributed by atoms with Gasteiger partial charge in [-0.15, -0.1) is 0 Å². The predicted octanol–water partition coefficient (Wildman–Crippen LogP) is 12.0. The lowest BCUT2D eigenvalue weighted by atomic mass is 9.95. The van der Waals surface area contributed by atoms with Crippen molar-refractivity contribution in [3.05, 3.63) is 151 Å². The Hall–Kier alpha value is -6.09. The summed E-state index contributed by atoms with van der Waals surface area (Å²) in [5, 5.41) is 2.45. The van der Waals surface area contributed by atoms with Crippen molar-refractivity contribution in [2.75, 3.05) is 0 Å². The van der Waals surface area contributed by atoms with Crippen molar-refractivity contribution < 1.29 is 26.3 Å². The van der Waals surface area contributed by atoms with E-state index in [0.717, 1.165) is 45.1 Å². The lowest BCUT2D eigenvalue weighted by Crippen LogP contribution is -2.11. The quantitative estimate of drug-likeness (QED) is 0.138. The van der Waals surface area contributed by atoms with Gasteiger partial charge in [0.05, 0.1) is 44.8 Å². The molecule has 0 saturated heterocycles. The van der Waals surface area contributed by atoms with E-state index in [9.17, 15) is 26.3 Å². The molecule has 244 valence electrons. The fourth-order valence-corrected chi connectivity index (χ4v) is 6.31. The highest BCUT2D eigenvalue weighted by Crippen LogP contribution is 2.41. The number of aromatic nitrogens is 3. The molecule has 0 aliphatic rings. The first-order valence-corrected chi connectivity index (χ1v) is 15.6. The summed E-state index contributed by atoms with van der Waals surface area (Å²) >= 11 is 0. The van der Waals surface area contributed by atoms with Crippen LogP contribution in [-0.2, 0) is 12.4 Å². The molecule has 6 aromatic carbocycles. The molecule has 2 heterocycles. The zero-order valence-electron chi connectivity index (χ0n) is 25.9. The van der Waals surface area contributed by atoms with Crippen LogP contribution in [0.25, 0.3) is 77.6 Å². The van der Waals surface area contributed by atoms with Gasteiger partial charge in [0.15, 0.2) is 0 Å². The maximum atomic E-state index is 13.6. The molecule has 0 radical (unpaired) electrons. The van der Waals surface area contributed by atoms with Crippen LogP contribution in [0.3, 0.4) is 0 Å². The number of nitrogens with zero attached hydrogens (tertiary/aromatic N) is 3. The number of para-hydroxylation sites is 1. The number of alkyl halides is 6. The average Bonchev–Trinajstić information content (AvgIpc) is 3.13. The van der Waals surface area contributed by atoms with Gasteiger partial charge in [0.2, 0.25) is 0 Å². The number of hydrogen-bond acceptors (Lipinski definition) is 3. The minimum atomic E-state index is -4.95. The van der Waals surface area contributed by atoms with Crippen molar-refractivity contribution in [1.29, 1.82) is 0 Å². The monoisotopic (exact) mass is 671 g/mol. The van der Waals surface area contributed by atoms with Crippen molar-refractivity contribution in [1.82, 2.24) is 15.0 Å². The van der Waals surface area contributed by atoms with Crippen molar-refractivity contribution in [3.63, 3.8) is 0 Å². The summed E-state index contributed by atoms with van der Waals surface area (Å²) in [7, 11) is 0. The van der Waals surface area contributed by atoms with Gasteiger partial charge in [-0.05, 0) is 47.5 Å². The van der Waals surface area contributed by atoms with E-state index in [0.29, 0.717) is 33.5 Å². The van der Waals surface area contributed by atoms with Crippen LogP contribution in [0.2, 0.25) is 0 Å². The van der Waals surface area contributed by atoms with Crippen LogP contribution in [-0.4, -0.2) is 15.0 Å². The van der Waals surface area contributed by atoms with E-state index in [1.807, 2.05) is 97.1 Å². The standard InChI is InChI=1S/C41H23F6N3/c42-40(43,44)29-21-28(22-30(23-29)41(45,46)47)24-15-17-27(18-16-24)36-32-19-20-34-39(35(32)31-13-7-8-14-33(31)48-36)50-38(26-11-5-2-6-12-26)37(49-34)25-9-3-1-4-10-25/h1-23H. The first-order valence-electron chi connectivity index (χ1n) is 15.6. The third-order valence-electron chi connectivity index (χ3n) is 8.67. The third-order valence-corrected chi connectivity index (χ3v) is 8.67. The molecule has 3 nitrogen and oxygen atoms in total. The number of fused-ring (bicyclic) bond motifs is 5. The van der Waals surface area contributed by atoms with E-state index >= 15 is 0 Å². The molecule has 8 rings (SSSR count). The van der Waals surface area contributed by atoms with Crippen LogP contribution in [0.5, 0.6) is 0 Å². The summed E-state index contributed by atoms with van der Waals surface area (Å²) in [6.07, 6.45) is -9.89. The van der Waals surface area contributed by atoms with Crippen LogP contribution in [0, 0.1) is 0 Å². The van der Waals surface area contributed by atoms with Gasteiger partial charge in [-0.1, -0.05) is 103 Å². The second-order valence-electron chi connectivity index (χ2n) is 11.9. The van der Waals surface area contributed by atoms with Crippen molar-refractivity contribution in [2.24, 2.45) is 0 Å². The molecule has 9 heteroatoms. The molecule has 8 aromatic rings. The minimum Gasteiger partial charge on any atom is -0.247 e. The Kier molecular flexibility index (Phi) is 7.36. The van der Waals surface area contributed by atoms with Gasteiger partial charge < -0.3 is 0 Å². The van der Waals surface area contributed by atoms with Gasteiger partial charge in [-0.25, -0.2) is 15.0 Å². The SMILES string of the molecule is FC(F)(F)c1cc(-c2ccc(-c3nc4ccccc4c4c3ccc3nc(-c5ccccc5)c(-c5ccccc5)nc34)cc2)cc(C(F)(F)F)c1. The Labute approximate surface area is 281 Å². The van der Waals surface area contributed by atoms with Gasteiger partial charge in [-0.2, -0.15) is 26.3 Å².